The van der Waals surface area contributed by atoms with Crippen LogP contribution in [0.1, 0.15) is 20.7 Å². The maximum absolute atomic E-state index is 11.3. The standard InChI is InChI=1S/C7H3IN2O2/c8-10-6(11)4-1-2-9-3-5(4)7(10)12/h1-3H. The summed E-state index contributed by atoms with van der Waals surface area (Å²) in [5.74, 6) is -0.554. The van der Waals surface area contributed by atoms with Gasteiger partial charge in [-0.1, -0.05) is 0 Å². The Balaban J connectivity index is 2.67. The molecule has 1 aromatic rings. The van der Waals surface area contributed by atoms with Crippen LogP contribution in [-0.4, -0.2) is 19.9 Å². The molecule has 0 atom stereocenters. The highest BCUT2D eigenvalue weighted by atomic mass is 127. The van der Waals surface area contributed by atoms with Crippen LogP contribution in [0.5, 0.6) is 0 Å². The Hall–Kier alpha value is -0.980. The SMILES string of the molecule is O=C1c2ccncc2C(=O)N1I. The minimum atomic E-state index is -0.288. The van der Waals surface area contributed by atoms with E-state index >= 15 is 0 Å². The number of hydrogen-bond donors (Lipinski definition) is 0. The van der Waals surface area contributed by atoms with Crippen molar-refractivity contribution in [1.29, 1.82) is 0 Å². The number of aromatic nitrogens is 1. The second-order valence-corrected chi connectivity index (χ2v) is 3.28. The second-order valence-electron chi connectivity index (χ2n) is 2.31. The fourth-order valence-corrected chi connectivity index (χ4v) is 1.57. The molecule has 2 rings (SSSR count). The molecule has 0 bridgehead atoms. The Labute approximate surface area is 82.1 Å². The van der Waals surface area contributed by atoms with Gasteiger partial charge in [-0.15, -0.1) is 0 Å². The largest absolute Gasteiger partial charge is 0.272 e. The molecule has 0 spiro atoms. The highest BCUT2D eigenvalue weighted by Crippen LogP contribution is 2.23. The van der Waals surface area contributed by atoms with Crippen LogP contribution in [0.4, 0.5) is 0 Å². The molecule has 0 N–H and O–H groups in total. The molecule has 0 aromatic carbocycles. The van der Waals surface area contributed by atoms with Crippen molar-refractivity contribution >= 4 is 34.7 Å². The Morgan fingerprint density at radius 1 is 1.25 bits per heavy atom. The zero-order chi connectivity index (χ0) is 8.72. The first kappa shape index (κ1) is 7.66. The molecule has 4 nitrogen and oxygen atoms in total. The first-order valence-electron chi connectivity index (χ1n) is 3.20. The summed E-state index contributed by atoms with van der Waals surface area (Å²) in [6, 6.07) is 1.55. The van der Waals surface area contributed by atoms with Crippen LogP contribution in [0, 0.1) is 0 Å². The summed E-state index contributed by atoms with van der Waals surface area (Å²) < 4.78 is 1.06. The predicted octanol–water partition coefficient (Wildman–Crippen LogP) is 1.03. The van der Waals surface area contributed by atoms with E-state index in [1.165, 1.54) is 12.4 Å². The van der Waals surface area contributed by atoms with E-state index < -0.39 is 0 Å². The van der Waals surface area contributed by atoms with E-state index in [1.807, 2.05) is 0 Å². The van der Waals surface area contributed by atoms with E-state index in [1.54, 1.807) is 28.9 Å². The Morgan fingerprint density at radius 3 is 2.58 bits per heavy atom. The summed E-state index contributed by atoms with van der Waals surface area (Å²) >= 11 is 1.69. The molecule has 2 heterocycles. The third-order valence-electron chi connectivity index (χ3n) is 1.64. The fourth-order valence-electron chi connectivity index (χ4n) is 1.06. The summed E-state index contributed by atoms with van der Waals surface area (Å²) in [6.07, 6.45) is 2.91. The van der Waals surface area contributed by atoms with Crippen LogP contribution in [0.3, 0.4) is 0 Å². The van der Waals surface area contributed by atoms with Gasteiger partial charge >= 0.3 is 0 Å². The van der Waals surface area contributed by atoms with Gasteiger partial charge in [0.05, 0.1) is 34.0 Å². The number of halogens is 1. The van der Waals surface area contributed by atoms with Crippen molar-refractivity contribution in [3.8, 4) is 0 Å². The van der Waals surface area contributed by atoms with E-state index in [9.17, 15) is 9.59 Å². The fraction of sp³-hybridized carbons (Fsp3) is 0. The van der Waals surface area contributed by atoms with E-state index in [4.69, 9.17) is 0 Å². The van der Waals surface area contributed by atoms with E-state index in [-0.39, 0.29) is 11.8 Å². The molecule has 0 aliphatic carbocycles. The molecular formula is C7H3IN2O2. The molecular weight excluding hydrogens is 271 g/mol. The van der Waals surface area contributed by atoms with E-state index in [2.05, 4.69) is 4.98 Å². The highest BCUT2D eigenvalue weighted by Gasteiger charge is 2.33. The predicted molar refractivity (Wildman–Crippen MR) is 48.8 cm³/mol. The maximum atomic E-state index is 11.3. The monoisotopic (exact) mass is 274 g/mol. The van der Waals surface area contributed by atoms with Crippen molar-refractivity contribution < 1.29 is 9.59 Å². The van der Waals surface area contributed by atoms with Gasteiger partial charge in [0.25, 0.3) is 11.8 Å². The van der Waals surface area contributed by atoms with Crippen LogP contribution in [0.2, 0.25) is 0 Å². The number of pyridine rings is 1. The van der Waals surface area contributed by atoms with Crippen molar-refractivity contribution in [2.75, 3.05) is 0 Å². The smallest absolute Gasteiger partial charge is 0.268 e. The van der Waals surface area contributed by atoms with Crippen molar-refractivity contribution in [1.82, 2.24) is 8.10 Å². The number of amides is 2. The van der Waals surface area contributed by atoms with Crippen LogP contribution in [0.15, 0.2) is 18.5 Å². The molecule has 12 heavy (non-hydrogen) atoms. The van der Waals surface area contributed by atoms with Gasteiger partial charge in [-0.3, -0.25) is 14.6 Å². The van der Waals surface area contributed by atoms with Crippen molar-refractivity contribution in [2.45, 2.75) is 0 Å². The molecule has 0 radical (unpaired) electrons. The van der Waals surface area contributed by atoms with Gasteiger partial charge < -0.3 is 0 Å². The summed E-state index contributed by atoms with van der Waals surface area (Å²) in [6.45, 7) is 0. The minimum Gasteiger partial charge on any atom is -0.268 e. The topological polar surface area (TPSA) is 50.3 Å². The molecule has 1 aliphatic heterocycles. The first-order chi connectivity index (χ1) is 5.72. The molecule has 60 valence electrons. The van der Waals surface area contributed by atoms with Gasteiger partial charge in [-0.05, 0) is 6.07 Å². The van der Waals surface area contributed by atoms with Crippen molar-refractivity contribution in [2.24, 2.45) is 0 Å². The van der Waals surface area contributed by atoms with Gasteiger partial charge in [0.1, 0.15) is 0 Å². The van der Waals surface area contributed by atoms with Crippen LogP contribution in [-0.2, 0) is 0 Å². The third kappa shape index (κ3) is 0.857. The average Bonchev–Trinajstić information content (AvgIpc) is 2.33. The number of hydrogen-bond acceptors (Lipinski definition) is 3. The average molecular weight is 274 g/mol. The zero-order valence-electron chi connectivity index (χ0n) is 5.82. The van der Waals surface area contributed by atoms with Crippen LogP contribution in [0.25, 0.3) is 0 Å². The molecule has 1 aliphatic rings. The first-order valence-corrected chi connectivity index (χ1v) is 4.17. The lowest BCUT2D eigenvalue weighted by atomic mass is 10.2. The summed E-state index contributed by atoms with van der Waals surface area (Å²) in [5.41, 5.74) is 0.821. The number of rotatable bonds is 0. The molecule has 0 fully saturated rings. The summed E-state index contributed by atoms with van der Waals surface area (Å²) in [4.78, 5) is 26.3. The Kier molecular flexibility index (Phi) is 1.60. The lowest BCUT2D eigenvalue weighted by Gasteiger charge is -1.98. The van der Waals surface area contributed by atoms with E-state index in [0.29, 0.717) is 11.1 Å². The summed E-state index contributed by atoms with van der Waals surface area (Å²) in [7, 11) is 0. The minimum absolute atomic E-state index is 0.266. The van der Waals surface area contributed by atoms with Crippen LogP contribution < -0.4 is 0 Å². The molecule has 1 aromatic heterocycles. The van der Waals surface area contributed by atoms with Crippen LogP contribution >= 0.6 is 22.9 Å². The lowest BCUT2D eigenvalue weighted by molar-refractivity contribution is 0.0796. The maximum Gasteiger partial charge on any atom is 0.272 e. The number of carbonyl (C=O) groups is 2. The highest BCUT2D eigenvalue weighted by molar-refractivity contribution is 14.1. The van der Waals surface area contributed by atoms with Crippen molar-refractivity contribution in [3.63, 3.8) is 0 Å². The second kappa shape index (κ2) is 2.51. The lowest BCUT2D eigenvalue weighted by Crippen LogP contribution is -2.17. The van der Waals surface area contributed by atoms with E-state index in [0.717, 1.165) is 3.11 Å². The summed E-state index contributed by atoms with van der Waals surface area (Å²) in [5, 5.41) is 0. The van der Waals surface area contributed by atoms with Gasteiger partial charge in [0.15, 0.2) is 0 Å². The third-order valence-corrected chi connectivity index (χ3v) is 2.51. The molecule has 0 saturated heterocycles. The number of fused-ring (bicyclic) bond motifs is 1. The normalized spacial score (nSPS) is 15.2. The van der Waals surface area contributed by atoms with Gasteiger partial charge in [-0.25, -0.2) is 3.11 Å². The number of nitrogens with zero attached hydrogens (tertiary/aromatic N) is 2. The molecule has 2 amide bonds. The van der Waals surface area contributed by atoms with Gasteiger partial charge in [0, 0.05) is 12.4 Å². The Morgan fingerprint density at radius 2 is 1.92 bits per heavy atom. The molecule has 0 saturated carbocycles. The number of imide groups is 1. The van der Waals surface area contributed by atoms with Gasteiger partial charge in [0.2, 0.25) is 0 Å². The van der Waals surface area contributed by atoms with Crippen molar-refractivity contribution in [3.05, 3.63) is 29.6 Å². The Bertz CT molecular complexity index is 342. The zero-order valence-corrected chi connectivity index (χ0v) is 7.98. The quantitative estimate of drug-likeness (QED) is 0.403. The number of carbonyl (C=O) groups excluding carboxylic acids is 2. The molecule has 5 heteroatoms. The van der Waals surface area contributed by atoms with Gasteiger partial charge in [-0.2, -0.15) is 0 Å². The molecule has 0 unspecified atom stereocenters.